The summed E-state index contributed by atoms with van der Waals surface area (Å²) in [5, 5.41) is 4.27. The number of ether oxygens (including phenoxy) is 1. The zero-order valence-electron chi connectivity index (χ0n) is 14.1. The lowest BCUT2D eigenvalue weighted by molar-refractivity contribution is 0.0991. The van der Waals surface area contributed by atoms with E-state index in [-0.39, 0.29) is 0 Å². The molecule has 0 aliphatic carbocycles. The summed E-state index contributed by atoms with van der Waals surface area (Å²) in [5.74, 6) is 0.937. The van der Waals surface area contributed by atoms with Crippen LogP contribution >= 0.6 is 0 Å². The fourth-order valence-electron chi connectivity index (χ4n) is 3.16. The number of piperazine rings is 1. The van der Waals surface area contributed by atoms with Gasteiger partial charge in [0.25, 0.3) is 0 Å². The van der Waals surface area contributed by atoms with E-state index in [2.05, 4.69) is 40.0 Å². The number of methoxy groups -OCH3 is 1. The molecule has 0 saturated carbocycles. The highest BCUT2D eigenvalue weighted by Crippen LogP contribution is 2.24. The van der Waals surface area contributed by atoms with E-state index in [1.807, 2.05) is 29.2 Å². The van der Waals surface area contributed by atoms with E-state index in [9.17, 15) is 0 Å². The Morgan fingerprint density at radius 3 is 2.65 bits per heavy atom. The van der Waals surface area contributed by atoms with Crippen molar-refractivity contribution in [3.63, 3.8) is 0 Å². The third kappa shape index (κ3) is 4.12. The largest absolute Gasteiger partial charge is 0.497 e. The summed E-state index contributed by atoms with van der Waals surface area (Å²) in [6.45, 7) is 8.79. The van der Waals surface area contributed by atoms with Gasteiger partial charge in [-0.05, 0) is 30.7 Å². The summed E-state index contributed by atoms with van der Waals surface area (Å²) in [7, 11) is 1.72. The van der Waals surface area contributed by atoms with Crippen LogP contribution in [0.5, 0.6) is 5.75 Å². The lowest BCUT2D eigenvalue weighted by atomic mass is 10.1. The van der Waals surface area contributed by atoms with Crippen molar-refractivity contribution in [2.24, 2.45) is 0 Å². The molecule has 1 fully saturated rings. The first-order chi connectivity index (χ1) is 11.3. The fourth-order valence-corrected chi connectivity index (χ4v) is 3.16. The van der Waals surface area contributed by atoms with Crippen LogP contribution in [0.4, 0.5) is 0 Å². The monoisotopic (exact) mass is 314 g/mol. The summed E-state index contributed by atoms with van der Waals surface area (Å²) < 4.78 is 7.35. The van der Waals surface area contributed by atoms with Crippen LogP contribution in [0.25, 0.3) is 0 Å². The quantitative estimate of drug-likeness (QED) is 0.819. The number of nitrogens with zero attached hydrogens (tertiary/aromatic N) is 4. The lowest BCUT2D eigenvalue weighted by Crippen LogP contribution is -2.47. The van der Waals surface area contributed by atoms with E-state index in [4.69, 9.17) is 4.74 Å². The van der Waals surface area contributed by atoms with Crippen molar-refractivity contribution >= 4 is 0 Å². The van der Waals surface area contributed by atoms with Crippen LogP contribution in [-0.2, 0) is 6.54 Å². The Kier molecular flexibility index (Phi) is 5.31. The zero-order chi connectivity index (χ0) is 16.1. The van der Waals surface area contributed by atoms with Crippen LogP contribution in [0, 0.1) is 0 Å². The van der Waals surface area contributed by atoms with Crippen molar-refractivity contribution in [1.82, 2.24) is 19.6 Å². The van der Waals surface area contributed by atoms with Gasteiger partial charge in [0.05, 0.1) is 13.7 Å². The first-order valence-electron chi connectivity index (χ1n) is 8.34. The second-order valence-corrected chi connectivity index (χ2v) is 6.10. The normalized spacial score (nSPS) is 18.0. The molecule has 0 amide bonds. The van der Waals surface area contributed by atoms with Crippen LogP contribution < -0.4 is 4.74 Å². The van der Waals surface area contributed by atoms with Gasteiger partial charge in [-0.25, -0.2) is 0 Å². The molecule has 0 bridgehead atoms. The van der Waals surface area contributed by atoms with Crippen molar-refractivity contribution in [1.29, 1.82) is 0 Å². The predicted octanol–water partition coefficient (Wildman–Crippen LogP) is 2.27. The van der Waals surface area contributed by atoms with Crippen LogP contribution in [-0.4, -0.2) is 59.4 Å². The van der Waals surface area contributed by atoms with Gasteiger partial charge in [0, 0.05) is 51.2 Å². The Balaban J connectivity index is 1.49. The van der Waals surface area contributed by atoms with Gasteiger partial charge in [-0.1, -0.05) is 12.1 Å². The lowest BCUT2D eigenvalue weighted by Gasteiger charge is -2.38. The average molecular weight is 314 g/mol. The van der Waals surface area contributed by atoms with E-state index >= 15 is 0 Å². The Morgan fingerprint density at radius 1 is 1.13 bits per heavy atom. The molecule has 2 heterocycles. The Hall–Kier alpha value is -1.85. The summed E-state index contributed by atoms with van der Waals surface area (Å²) in [4.78, 5) is 5.08. The average Bonchev–Trinajstić information content (AvgIpc) is 3.13. The molecule has 23 heavy (non-hydrogen) atoms. The molecule has 1 aromatic heterocycles. The standard InChI is InChI=1S/C18H26N4O/c1-16(17-5-3-6-18(15-17)23-2)21-12-9-20(10-13-21)11-14-22-8-4-7-19-22/h3-8,15-16H,9-14H2,1-2H3. The van der Waals surface area contributed by atoms with Gasteiger partial charge in [0.1, 0.15) is 5.75 Å². The molecule has 1 saturated heterocycles. The van der Waals surface area contributed by atoms with Crippen LogP contribution in [0.2, 0.25) is 0 Å². The van der Waals surface area contributed by atoms with Crippen LogP contribution in [0.15, 0.2) is 42.7 Å². The number of benzene rings is 1. The maximum absolute atomic E-state index is 5.34. The summed E-state index contributed by atoms with van der Waals surface area (Å²) in [6.07, 6.45) is 3.87. The number of hydrogen-bond acceptors (Lipinski definition) is 4. The second-order valence-electron chi connectivity index (χ2n) is 6.10. The summed E-state index contributed by atoms with van der Waals surface area (Å²) in [5.41, 5.74) is 1.33. The third-order valence-electron chi connectivity index (χ3n) is 4.74. The molecule has 1 aliphatic heterocycles. The molecule has 0 radical (unpaired) electrons. The van der Waals surface area contributed by atoms with E-state index in [0.29, 0.717) is 6.04 Å². The predicted molar refractivity (Wildman–Crippen MR) is 91.6 cm³/mol. The van der Waals surface area contributed by atoms with Gasteiger partial charge in [-0.3, -0.25) is 14.5 Å². The van der Waals surface area contributed by atoms with Crippen LogP contribution in [0.1, 0.15) is 18.5 Å². The molecular formula is C18H26N4O. The van der Waals surface area contributed by atoms with E-state index in [1.165, 1.54) is 5.56 Å². The molecule has 0 spiro atoms. The van der Waals surface area contributed by atoms with Gasteiger partial charge >= 0.3 is 0 Å². The topological polar surface area (TPSA) is 33.5 Å². The Bertz CT molecular complexity index is 591. The van der Waals surface area contributed by atoms with Crippen molar-refractivity contribution in [3.05, 3.63) is 48.3 Å². The first-order valence-corrected chi connectivity index (χ1v) is 8.34. The molecule has 5 nitrogen and oxygen atoms in total. The Labute approximate surface area is 138 Å². The van der Waals surface area contributed by atoms with E-state index in [0.717, 1.165) is 45.0 Å². The molecule has 2 aromatic rings. The highest BCUT2D eigenvalue weighted by molar-refractivity contribution is 5.30. The van der Waals surface area contributed by atoms with Gasteiger partial charge in [-0.15, -0.1) is 0 Å². The molecule has 1 aliphatic rings. The minimum atomic E-state index is 0.429. The molecule has 1 unspecified atom stereocenters. The summed E-state index contributed by atoms with van der Waals surface area (Å²) >= 11 is 0. The number of aromatic nitrogens is 2. The van der Waals surface area contributed by atoms with Gasteiger partial charge in [0.15, 0.2) is 0 Å². The SMILES string of the molecule is COc1cccc(C(C)N2CCN(CCn3cccn3)CC2)c1. The zero-order valence-corrected chi connectivity index (χ0v) is 14.1. The Morgan fingerprint density at radius 2 is 1.96 bits per heavy atom. The molecule has 5 heteroatoms. The molecular weight excluding hydrogens is 288 g/mol. The smallest absolute Gasteiger partial charge is 0.119 e. The third-order valence-corrected chi connectivity index (χ3v) is 4.74. The first kappa shape index (κ1) is 16.0. The highest BCUT2D eigenvalue weighted by Gasteiger charge is 2.22. The van der Waals surface area contributed by atoms with Crippen molar-refractivity contribution in [2.45, 2.75) is 19.5 Å². The molecule has 124 valence electrons. The minimum Gasteiger partial charge on any atom is -0.497 e. The minimum absolute atomic E-state index is 0.429. The maximum atomic E-state index is 5.34. The molecule has 1 atom stereocenters. The van der Waals surface area contributed by atoms with Gasteiger partial charge in [0.2, 0.25) is 0 Å². The highest BCUT2D eigenvalue weighted by atomic mass is 16.5. The fraction of sp³-hybridized carbons (Fsp3) is 0.500. The van der Waals surface area contributed by atoms with Crippen LogP contribution in [0.3, 0.4) is 0 Å². The molecule has 0 N–H and O–H groups in total. The molecule has 3 rings (SSSR count). The van der Waals surface area contributed by atoms with Crippen molar-refractivity contribution in [2.75, 3.05) is 39.8 Å². The second kappa shape index (κ2) is 7.62. The maximum Gasteiger partial charge on any atom is 0.119 e. The van der Waals surface area contributed by atoms with Gasteiger partial charge in [-0.2, -0.15) is 5.10 Å². The van der Waals surface area contributed by atoms with E-state index < -0.39 is 0 Å². The van der Waals surface area contributed by atoms with Crippen molar-refractivity contribution in [3.8, 4) is 5.75 Å². The number of hydrogen-bond donors (Lipinski definition) is 0. The molecule has 1 aromatic carbocycles. The van der Waals surface area contributed by atoms with Crippen molar-refractivity contribution < 1.29 is 4.74 Å². The van der Waals surface area contributed by atoms with E-state index in [1.54, 1.807) is 7.11 Å². The summed E-state index contributed by atoms with van der Waals surface area (Å²) in [6, 6.07) is 10.8. The van der Waals surface area contributed by atoms with Gasteiger partial charge < -0.3 is 4.74 Å². The number of rotatable bonds is 6.